The highest BCUT2D eigenvalue weighted by atomic mass is 35.5. The maximum Gasteiger partial charge on any atom is 0.221 e. The van der Waals surface area contributed by atoms with Crippen LogP contribution in [0, 0.1) is 0 Å². The van der Waals surface area contributed by atoms with Crippen LogP contribution in [0.3, 0.4) is 0 Å². The summed E-state index contributed by atoms with van der Waals surface area (Å²) in [7, 11) is 1.72. The number of nitrogens with one attached hydrogen (secondary N) is 1. The van der Waals surface area contributed by atoms with Gasteiger partial charge in [0, 0.05) is 11.3 Å². The highest BCUT2D eigenvalue weighted by molar-refractivity contribution is 7.99. The van der Waals surface area contributed by atoms with Crippen LogP contribution in [0.15, 0.2) is 29.8 Å². The number of hydrogen-bond donors (Lipinski definition) is 3. The van der Waals surface area contributed by atoms with Crippen molar-refractivity contribution in [3.63, 3.8) is 0 Å². The molecule has 0 saturated carbocycles. The van der Waals surface area contributed by atoms with E-state index in [1.807, 2.05) is 18.2 Å². The Morgan fingerprint density at radius 3 is 2.89 bits per heavy atom. The average Bonchev–Trinajstić information content (AvgIpc) is 2.66. The van der Waals surface area contributed by atoms with Crippen molar-refractivity contribution >= 4 is 41.5 Å². The number of nitrogens with two attached hydrogens (primary N) is 1. The van der Waals surface area contributed by atoms with Gasteiger partial charge in [-0.2, -0.15) is 0 Å². The highest BCUT2D eigenvalue weighted by Gasteiger charge is 2.17. The van der Waals surface area contributed by atoms with Crippen LogP contribution in [0.5, 0.6) is 0 Å². The highest BCUT2D eigenvalue weighted by Crippen LogP contribution is 2.28. The van der Waals surface area contributed by atoms with Crippen molar-refractivity contribution < 1.29 is 5.11 Å². The Morgan fingerprint density at radius 1 is 1.39 bits per heavy atom. The largest absolute Gasteiger partial charge is 0.379 e. The van der Waals surface area contributed by atoms with Crippen LogP contribution >= 0.6 is 23.4 Å². The topological polar surface area (TPSA) is 84.1 Å². The van der Waals surface area contributed by atoms with Gasteiger partial charge in [0.2, 0.25) is 5.95 Å². The second-order valence-electron chi connectivity index (χ2n) is 6.72. The van der Waals surface area contributed by atoms with Gasteiger partial charge < -0.3 is 10.8 Å². The number of aromatic nitrogens is 2. The van der Waals surface area contributed by atoms with Crippen LogP contribution in [0.2, 0.25) is 5.02 Å². The maximum absolute atomic E-state index is 9.64. The Kier molecular flexibility index (Phi) is 6.78. The summed E-state index contributed by atoms with van der Waals surface area (Å²) in [5.74, 6) is 0.886. The van der Waals surface area contributed by atoms with Crippen molar-refractivity contribution in [3.05, 3.63) is 45.8 Å². The fourth-order valence-electron chi connectivity index (χ4n) is 3.50. The van der Waals surface area contributed by atoms with Crippen LogP contribution in [0.4, 0.5) is 5.95 Å². The van der Waals surface area contributed by atoms with Crippen LogP contribution in [0.25, 0.3) is 23.4 Å². The molecule has 4 N–H and O–H groups in total. The first kappa shape index (κ1) is 20.9. The summed E-state index contributed by atoms with van der Waals surface area (Å²) in [5.41, 5.74) is 9.81. The van der Waals surface area contributed by atoms with Crippen LogP contribution < -0.4 is 21.5 Å². The molecule has 3 rings (SSSR count). The number of nitrogens with zero attached hydrogens (tertiary/aromatic N) is 2. The number of fused-ring (bicyclic) bond motifs is 1. The molecule has 0 fully saturated rings. The number of benzene rings is 1. The molecule has 0 amide bonds. The minimum Gasteiger partial charge on any atom is -0.379 e. The first-order valence-corrected chi connectivity index (χ1v) is 10.6. The number of rotatable bonds is 7. The number of aliphatic hydroxyl groups excluding tert-OH is 1. The molecule has 1 aromatic carbocycles. The van der Waals surface area contributed by atoms with E-state index < -0.39 is 6.23 Å². The van der Waals surface area contributed by atoms with Gasteiger partial charge in [-0.15, -0.1) is 11.8 Å². The van der Waals surface area contributed by atoms with E-state index in [0.29, 0.717) is 22.9 Å². The van der Waals surface area contributed by atoms with Gasteiger partial charge in [0.15, 0.2) is 0 Å². The number of allylic oxidation sites excluding steroid dienone is 1. The van der Waals surface area contributed by atoms with Crippen molar-refractivity contribution in [2.24, 2.45) is 0 Å². The molecule has 1 aliphatic carbocycles. The summed E-state index contributed by atoms with van der Waals surface area (Å²) in [6.45, 7) is 8.28. The molecular weight excluding hydrogens is 392 g/mol. The molecule has 0 spiro atoms. The van der Waals surface area contributed by atoms with Gasteiger partial charge >= 0.3 is 0 Å². The molecule has 0 saturated heterocycles. The van der Waals surface area contributed by atoms with Crippen molar-refractivity contribution in [2.75, 3.05) is 18.5 Å². The Labute approximate surface area is 174 Å². The fourth-order valence-corrected chi connectivity index (χ4v) is 4.74. The molecule has 2 aromatic rings. The predicted octanol–water partition coefficient (Wildman–Crippen LogP) is 2.48. The van der Waals surface area contributed by atoms with Gasteiger partial charge in [0.25, 0.3) is 0 Å². The standard InChI is InChI=1S/C21H25ClN4OS/c1-4-13-6-5-7-14-10-15(22)20(12(2)19(13)14)16-11-18(26-21(23)25-16)28-9-8-17(27)24-3/h4,10-11,17,24,27H,1-2,5-9H2,3H3,(H2,23,25,26). The lowest BCUT2D eigenvalue weighted by Gasteiger charge is -2.17. The van der Waals surface area contributed by atoms with E-state index in [0.717, 1.165) is 40.3 Å². The quantitative estimate of drug-likeness (QED) is 0.365. The number of anilines is 1. The molecule has 5 nitrogen and oxygen atoms in total. The zero-order chi connectivity index (χ0) is 20.3. The molecule has 28 heavy (non-hydrogen) atoms. The normalized spacial score (nSPS) is 14.6. The summed E-state index contributed by atoms with van der Waals surface area (Å²) in [4.78, 5) is 8.72. The van der Waals surface area contributed by atoms with Gasteiger partial charge in [-0.25, -0.2) is 9.97 Å². The molecule has 1 aliphatic rings. The SMILES string of the molecule is C=CC1=c2c(cc(Cl)c(-c3cc(SCCC(O)NC)nc(N)n3)c2=C)CCC1. The Bertz CT molecular complexity index is 1010. The van der Waals surface area contributed by atoms with E-state index in [1.165, 1.54) is 22.9 Å². The number of aryl methyl sites for hydroxylation is 1. The third kappa shape index (κ3) is 4.41. The number of thioether (sulfide) groups is 1. The minimum atomic E-state index is -0.541. The smallest absolute Gasteiger partial charge is 0.221 e. The Hall–Kier alpha value is -1.86. The Morgan fingerprint density at radius 2 is 2.18 bits per heavy atom. The van der Waals surface area contributed by atoms with Gasteiger partial charge in [0.05, 0.1) is 10.7 Å². The average molecular weight is 417 g/mol. The number of nitrogen functional groups attached to an aromatic ring is 1. The third-order valence-electron chi connectivity index (χ3n) is 4.87. The van der Waals surface area contributed by atoms with Crippen molar-refractivity contribution in [3.8, 4) is 11.3 Å². The summed E-state index contributed by atoms with van der Waals surface area (Å²) in [6.07, 6.45) is 5.02. The van der Waals surface area contributed by atoms with E-state index in [4.69, 9.17) is 17.3 Å². The van der Waals surface area contributed by atoms with Crippen LogP contribution in [-0.2, 0) is 6.42 Å². The minimum absolute atomic E-state index is 0.190. The van der Waals surface area contributed by atoms with Crippen molar-refractivity contribution in [1.82, 2.24) is 15.3 Å². The second kappa shape index (κ2) is 9.09. The maximum atomic E-state index is 9.64. The lowest BCUT2D eigenvalue weighted by atomic mass is 9.90. The zero-order valence-corrected chi connectivity index (χ0v) is 17.5. The lowest BCUT2D eigenvalue weighted by molar-refractivity contribution is 0.144. The van der Waals surface area contributed by atoms with E-state index in [9.17, 15) is 5.11 Å². The van der Waals surface area contributed by atoms with Crippen molar-refractivity contribution in [1.29, 1.82) is 0 Å². The summed E-state index contributed by atoms with van der Waals surface area (Å²) in [6, 6.07) is 3.89. The fraction of sp³-hybridized carbons (Fsp3) is 0.333. The molecule has 1 heterocycles. The van der Waals surface area contributed by atoms with Crippen LogP contribution in [-0.4, -0.2) is 34.1 Å². The third-order valence-corrected chi connectivity index (χ3v) is 6.12. The number of hydrogen-bond acceptors (Lipinski definition) is 6. The predicted molar refractivity (Wildman–Crippen MR) is 119 cm³/mol. The van der Waals surface area contributed by atoms with E-state index in [-0.39, 0.29) is 5.95 Å². The first-order valence-electron chi connectivity index (χ1n) is 9.23. The monoisotopic (exact) mass is 416 g/mol. The summed E-state index contributed by atoms with van der Waals surface area (Å²) in [5, 5.41) is 15.8. The molecule has 0 radical (unpaired) electrons. The number of halogens is 1. The van der Waals surface area contributed by atoms with Crippen LogP contribution in [0.1, 0.15) is 24.8 Å². The summed E-state index contributed by atoms with van der Waals surface area (Å²) >= 11 is 8.15. The van der Waals surface area contributed by atoms with Crippen molar-refractivity contribution in [2.45, 2.75) is 36.9 Å². The van der Waals surface area contributed by atoms with E-state index >= 15 is 0 Å². The molecule has 0 bridgehead atoms. The second-order valence-corrected chi connectivity index (χ2v) is 8.24. The number of aliphatic hydroxyl groups is 1. The van der Waals surface area contributed by atoms with E-state index in [2.05, 4.69) is 28.4 Å². The van der Waals surface area contributed by atoms with Gasteiger partial charge in [-0.3, -0.25) is 5.32 Å². The first-order chi connectivity index (χ1) is 13.4. The van der Waals surface area contributed by atoms with Gasteiger partial charge in [-0.05, 0) is 66.4 Å². The lowest BCUT2D eigenvalue weighted by Crippen LogP contribution is -2.34. The van der Waals surface area contributed by atoms with Gasteiger partial charge in [0.1, 0.15) is 11.3 Å². The van der Waals surface area contributed by atoms with E-state index in [1.54, 1.807) is 7.05 Å². The molecule has 148 valence electrons. The summed E-state index contributed by atoms with van der Waals surface area (Å²) < 4.78 is 0. The zero-order valence-electron chi connectivity index (χ0n) is 16.0. The molecule has 1 aromatic heterocycles. The molecule has 1 unspecified atom stereocenters. The Balaban J connectivity index is 2.05. The van der Waals surface area contributed by atoms with Gasteiger partial charge in [-0.1, -0.05) is 30.8 Å². The molecule has 7 heteroatoms. The molecule has 1 atom stereocenters. The molecular formula is C21H25ClN4OS. The molecule has 0 aliphatic heterocycles.